The number of carbonyl (C=O) groups excluding carboxylic acids is 1. The van der Waals surface area contributed by atoms with E-state index >= 15 is 0 Å². The fourth-order valence-corrected chi connectivity index (χ4v) is 2.91. The highest BCUT2D eigenvalue weighted by molar-refractivity contribution is 6.33. The van der Waals surface area contributed by atoms with E-state index in [0.29, 0.717) is 17.3 Å². The average Bonchev–Trinajstić information content (AvgIpc) is 2.58. The van der Waals surface area contributed by atoms with Gasteiger partial charge in [-0.1, -0.05) is 60.1 Å². The molecule has 0 fully saturated rings. The molecule has 3 nitrogen and oxygen atoms in total. The van der Waals surface area contributed by atoms with Crippen molar-refractivity contribution in [1.29, 1.82) is 0 Å². The highest BCUT2D eigenvalue weighted by atomic mass is 35.5. The maximum atomic E-state index is 12.2. The van der Waals surface area contributed by atoms with Gasteiger partial charge in [-0.25, -0.2) is 0 Å². The van der Waals surface area contributed by atoms with Gasteiger partial charge in [0, 0.05) is 13.1 Å². The van der Waals surface area contributed by atoms with Crippen molar-refractivity contribution in [3.05, 3.63) is 71.3 Å². The van der Waals surface area contributed by atoms with Crippen LogP contribution in [-0.2, 0) is 4.79 Å². The molecule has 1 aliphatic heterocycles. The Kier molecular flexibility index (Phi) is 5.11. The number of halogens is 1. The molecule has 2 aromatic rings. The summed E-state index contributed by atoms with van der Waals surface area (Å²) in [6.45, 7) is 2.06. The van der Waals surface area contributed by atoms with E-state index in [-0.39, 0.29) is 5.91 Å². The molecular weight excluding hydrogens is 308 g/mol. The lowest BCUT2D eigenvalue weighted by molar-refractivity contribution is -0.117. The number of benzene rings is 2. The molecule has 0 aliphatic carbocycles. The number of para-hydroxylation sites is 1. The van der Waals surface area contributed by atoms with Crippen LogP contribution in [0.5, 0.6) is 0 Å². The third kappa shape index (κ3) is 4.21. The van der Waals surface area contributed by atoms with Crippen LogP contribution < -0.4 is 5.32 Å². The average molecular weight is 327 g/mol. The molecule has 1 aliphatic rings. The Morgan fingerprint density at radius 2 is 1.83 bits per heavy atom. The third-order valence-corrected chi connectivity index (χ3v) is 4.28. The Morgan fingerprint density at radius 1 is 1.09 bits per heavy atom. The topological polar surface area (TPSA) is 32.3 Å². The van der Waals surface area contributed by atoms with Crippen LogP contribution >= 0.6 is 11.6 Å². The highest BCUT2D eigenvalue weighted by Gasteiger charge is 2.16. The quantitative estimate of drug-likeness (QED) is 0.918. The first-order chi connectivity index (χ1) is 11.2. The lowest BCUT2D eigenvalue weighted by atomic mass is 10.00. The van der Waals surface area contributed by atoms with Crippen molar-refractivity contribution in [2.45, 2.75) is 6.42 Å². The molecule has 1 heterocycles. The lowest BCUT2D eigenvalue weighted by Crippen LogP contribution is -2.36. The lowest BCUT2D eigenvalue weighted by Gasteiger charge is -2.26. The number of nitrogens with one attached hydrogen (secondary N) is 1. The number of anilines is 1. The molecule has 1 N–H and O–H groups in total. The van der Waals surface area contributed by atoms with E-state index in [0.717, 1.165) is 19.5 Å². The second-order valence-electron chi connectivity index (χ2n) is 5.61. The van der Waals surface area contributed by atoms with Crippen molar-refractivity contribution in [2.24, 2.45) is 0 Å². The Labute approximate surface area is 141 Å². The van der Waals surface area contributed by atoms with Crippen LogP contribution in [0, 0.1) is 0 Å². The predicted molar refractivity (Wildman–Crippen MR) is 95.6 cm³/mol. The van der Waals surface area contributed by atoms with Gasteiger partial charge < -0.3 is 5.32 Å². The minimum atomic E-state index is -0.0327. The summed E-state index contributed by atoms with van der Waals surface area (Å²) in [6, 6.07) is 17.7. The molecule has 0 radical (unpaired) electrons. The van der Waals surface area contributed by atoms with E-state index in [1.807, 2.05) is 24.3 Å². The van der Waals surface area contributed by atoms with Gasteiger partial charge in [0.2, 0.25) is 5.91 Å². The molecule has 0 saturated heterocycles. The van der Waals surface area contributed by atoms with Crippen LogP contribution in [0.2, 0.25) is 5.02 Å². The molecule has 23 heavy (non-hydrogen) atoms. The summed E-state index contributed by atoms with van der Waals surface area (Å²) in [4.78, 5) is 14.3. The normalized spacial score (nSPS) is 15.1. The molecule has 1 amide bonds. The molecular formula is C19H19ClN2O. The fourth-order valence-electron chi connectivity index (χ4n) is 2.72. The number of hydrogen-bond acceptors (Lipinski definition) is 2. The van der Waals surface area contributed by atoms with Gasteiger partial charge in [-0.3, -0.25) is 9.69 Å². The second-order valence-corrected chi connectivity index (χ2v) is 6.02. The zero-order chi connectivity index (χ0) is 16.1. The molecule has 0 atom stereocenters. The summed E-state index contributed by atoms with van der Waals surface area (Å²) in [6.07, 6.45) is 3.17. The predicted octanol–water partition coefficient (Wildman–Crippen LogP) is 4.07. The van der Waals surface area contributed by atoms with Crippen LogP contribution in [0.25, 0.3) is 5.57 Å². The van der Waals surface area contributed by atoms with Gasteiger partial charge >= 0.3 is 0 Å². The van der Waals surface area contributed by atoms with Gasteiger partial charge in [0.15, 0.2) is 0 Å². The SMILES string of the molecule is O=C(CN1CC=C(c2ccccc2)CC1)Nc1ccccc1Cl. The Balaban J connectivity index is 1.55. The molecule has 0 aromatic heterocycles. The Bertz CT molecular complexity index is 712. The van der Waals surface area contributed by atoms with Crippen molar-refractivity contribution < 1.29 is 4.79 Å². The molecule has 4 heteroatoms. The standard InChI is InChI=1S/C19H19ClN2O/c20-17-8-4-5-9-18(17)21-19(23)14-22-12-10-16(11-13-22)15-6-2-1-3-7-15/h1-10H,11-14H2,(H,21,23). The number of nitrogens with zero attached hydrogens (tertiary/aromatic N) is 1. The van der Waals surface area contributed by atoms with Gasteiger partial charge in [-0.2, -0.15) is 0 Å². The van der Waals surface area contributed by atoms with E-state index in [9.17, 15) is 4.79 Å². The van der Waals surface area contributed by atoms with E-state index < -0.39 is 0 Å². The number of carbonyl (C=O) groups is 1. The first kappa shape index (κ1) is 15.8. The number of hydrogen-bond donors (Lipinski definition) is 1. The molecule has 0 bridgehead atoms. The monoisotopic (exact) mass is 326 g/mol. The Morgan fingerprint density at radius 3 is 2.52 bits per heavy atom. The number of rotatable bonds is 4. The third-order valence-electron chi connectivity index (χ3n) is 3.95. The zero-order valence-electron chi connectivity index (χ0n) is 12.8. The summed E-state index contributed by atoms with van der Waals surface area (Å²) >= 11 is 6.06. The summed E-state index contributed by atoms with van der Waals surface area (Å²) < 4.78 is 0. The van der Waals surface area contributed by atoms with Gasteiger partial charge in [0.25, 0.3) is 0 Å². The van der Waals surface area contributed by atoms with E-state index in [1.54, 1.807) is 6.07 Å². The largest absolute Gasteiger partial charge is 0.324 e. The zero-order valence-corrected chi connectivity index (χ0v) is 13.6. The van der Waals surface area contributed by atoms with Crippen LogP contribution in [0.1, 0.15) is 12.0 Å². The first-order valence-corrected chi connectivity index (χ1v) is 8.11. The van der Waals surface area contributed by atoms with Crippen molar-refractivity contribution in [3.8, 4) is 0 Å². The highest BCUT2D eigenvalue weighted by Crippen LogP contribution is 2.23. The van der Waals surface area contributed by atoms with Crippen molar-refractivity contribution in [2.75, 3.05) is 25.0 Å². The summed E-state index contributed by atoms with van der Waals surface area (Å²) in [5.41, 5.74) is 3.29. The van der Waals surface area contributed by atoms with Gasteiger partial charge in [-0.15, -0.1) is 0 Å². The van der Waals surface area contributed by atoms with Crippen LogP contribution in [-0.4, -0.2) is 30.4 Å². The summed E-state index contributed by atoms with van der Waals surface area (Å²) in [7, 11) is 0. The van der Waals surface area contributed by atoms with E-state index in [1.165, 1.54) is 11.1 Å². The van der Waals surface area contributed by atoms with Crippen LogP contribution in [0.4, 0.5) is 5.69 Å². The van der Waals surface area contributed by atoms with Gasteiger partial charge in [0.1, 0.15) is 0 Å². The van der Waals surface area contributed by atoms with Crippen molar-refractivity contribution in [1.82, 2.24) is 4.90 Å². The minimum Gasteiger partial charge on any atom is -0.324 e. The molecule has 0 unspecified atom stereocenters. The van der Waals surface area contributed by atoms with Gasteiger partial charge in [0.05, 0.1) is 17.3 Å². The van der Waals surface area contributed by atoms with Gasteiger partial charge in [-0.05, 0) is 29.7 Å². The van der Waals surface area contributed by atoms with Crippen LogP contribution in [0.3, 0.4) is 0 Å². The van der Waals surface area contributed by atoms with E-state index in [4.69, 9.17) is 11.6 Å². The molecule has 2 aromatic carbocycles. The molecule has 3 rings (SSSR count). The van der Waals surface area contributed by atoms with Crippen molar-refractivity contribution >= 4 is 28.8 Å². The molecule has 0 saturated carbocycles. The fraction of sp³-hybridized carbons (Fsp3) is 0.211. The smallest absolute Gasteiger partial charge is 0.238 e. The maximum absolute atomic E-state index is 12.2. The summed E-state index contributed by atoms with van der Waals surface area (Å²) in [5.74, 6) is -0.0327. The van der Waals surface area contributed by atoms with Crippen molar-refractivity contribution in [3.63, 3.8) is 0 Å². The first-order valence-electron chi connectivity index (χ1n) is 7.73. The minimum absolute atomic E-state index is 0.0327. The Hall–Kier alpha value is -2.10. The second kappa shape index (κ2) is 7.44. The van der Waals surface area contributed by atoms with E-state index in [2.05, 4.69) is 40.6 Å². The van der Waals surface area contributed by atoms with Crippen LogP contribution in [0.15, 0.2) is 60.7 Å². The maximum Gasteiger partial charge on any atom is 0.238 e. The molecule has 118 valence electrons. The molecule has 0 spiro atoms. The number of amides is 1. The summed E-state index contributed by atoms with van der Waals surface area (Å²) in [5, 5.41) is 3.43.